The van der Waals surface area contributed by atoms with E-state index in [1.54, 1.807) is 4.90 Å². The number of hydrogen-bond acceptors (Lipinski definition) is 4. The van der Waals surface area contributed by atoms with E-state index >= 15 is 0 Å². The van der Waals surface area contributed by atoms with Crippen molar-refractivity contribution in [1.82, 2.24) is 10.2 Å². The summed E-state index contributed by atoms with van der Waals surface area (Å²) in [6, 6.07) is -0.183. The van der Waals surface area contributed by atoms with Crippen LogP contribution in [-0.2, 0) is 14.3 Å². The van der Waals surface area contributed by atoms with Gasteiger partial charge in [0, 0.05) is 20.2 Å². The molecule has 0 aromatic carbocycles. The third-order valence-corrected chi connectivity index (χ3v) is 2.85. The van der Waals surface area contributed by atoms with E-state index in [2.05, 4.69) is 5.32 Å². The van der Waals surface area contributed by atoms with Gasteiger partial charge in [-0.15, -0.1) is 0 Å². The molecule has 1 aliphatic rings. The second-order valence-electron chi connectivity index (χ2n) is 4.26. The summed E-state index contributed by atoms with van der Waals surface area (Å²) in [5.41, 5.74) is 0. The first-order chi connectivity index (χ1) is 8.54. The predicted molar refractivity (Wildman–Crippen MR) is 63.4 cm³/mol. The highest BCUT2D eigenvalue weighted by atomic mass is 16.5. The molecule has 7 nitrogen and oxygen atoms in total. The molecule has 1 rings (SSSR count). The maximum absolute atomic E-state index is 11.9. The van der Waals surface area contributed by atoms with Crippen molar-refractivity contribution >= 4 is 12.0 Å². The van der Waals surface area contributed by atoms with E-state index in [1.807, 2.05) is 6.92 Å². The lowest BCUT2D eigenvalue weighted by atomic mass is 10.2. The lowest BCUT2D eigenvalue weighted by Crippen LogP contribution is -2.52. The van der Waals surface area contributed by atoms with E-state index in [9.17, 15) is 9.59 Å². The molecule has 1 aliphatic heterocycles. The van der Waals surface area contributed by atoms with Crippen molar-refractivity contribution < 1.29 is 24.2 Å². The fourth-order valence-corrected chi connectivity index (χ4v) is 1.77. The summed E-state index contributed by atoms with van der Waals surface area (Å²) < 4.78 is 10.2. The number of aliphatic carboxylic acids is 1. The molecule has 0 bridgehead atoms. The summed E-state index contributed by atoms with van der Waals surface area (Å²) >= 11 is 0. The molecule has 0 aromatic rings. The van der Waals surface area contributed by atoms with Crippen molar-refractivity contribution in [1.29, 1.82) is 0 Å². The first-order valence-corrected chi connectivity index (χ1v) is 5.91. The van der Waals surface area contributed by atoms with E-state index in [0.29, 0.717) is 19.8 Å². The molecule has 0 spiro atoms. The molecule has 2 amide bonds. The Morgan fingerprint density at radius 3 is 2.89 bits per heavy atom. The Balaban J connectivity index is 2.36. The van der Waals surface area contributed by atoms with Crippen LogP contribution in [0.1, 0.15) is 13.3 Å². The molecule has 2 unspecified atom stereocenters. The fourth-order valence-electron chi connectivity index (χ4n) is 1.77. The van der Waals surface area contributed by atoms with Crippen LogP contribution in [0.3, 0.4) is 0 Å². The fraction of sp³-hybridized carbons (Fsp3) is 0.818. The van der Waals surface area contributed by atoms with Gasteiger partial charge in [0.15, 0.2) is 0 Å². The average molecular weight is 260 g/mol. The topological polar surface area (TPSA) is 88.1 Å². The second kappa shape index (κ2) is 7.17. The summed E-state index contributed by atoms with van der Waals surface area (Å²) in [6.07, 6.45) is -0.641. The molecule has 0 radical (unpaired) electrons. The Bertz CT molecular complexity index is 297. The van der Waals surface area contributed by atoms with Gasteiger partial charge in [0.2, 0.25) is 0 Å². The number of ether oxygens (including phenoxy) is 2. The summed E-state index contributed by atoms with van der Waals surface area (Å²) in [4.78, 5) is 24.1. The normalized spacial score (nSPS) is 21.4. The van der Waals surface area contributed by atoms with Gasteiger partial charge >= 0.3 is 12.0 Å². The zero-order valence-corrected chi connectivity index (χ0v) is 10.7. The quantitative estimate of drug-likeness (QED) is 0.721. The van der Waals surface area contributed by atoms with Crippen LogP contribution in [0.4, 0.5) is 4.79 Å². The lowest BCUT2D eigenvalue weighted by Gasteiger charge is -2.33. The number of methoxy groups -OCH3 is 1. The van der Waals surface area contributed by atoms with Crippen LogP contribution < -0.4 is 5.32 Å². The van der Waals surface area contributed by atoms with Crippen molar-refractivity contribution in [2.24, 2.45) is 0 Å². The molecule has 18 heavy (non-hydrogen) atoms. The number of carboxylic acid groups (broad SMARTS) is 1. The highest BCUT2D eigenvalue weighted by molar-refractivity contribution is 5.74. The molecule has 7 heteroatoms. The molecule has 0 aromatic heterocycles. The minimum atomic E-state index is -0.948. The number of carbonyl (C=O) groups is 2. The third kappa shape index (κ3) is 4.50. The zero-order chi connectivity index (χ0) is 13.5. The Hall–Kier alpha value is -1.34. The zero-order valence-electron chi connectivity index (χ0n) is 10.7. The maximum Gasteiger partial charge on any atom is 0.317 e. The highest BCUT2D eigenvalue weighted by Crippen LogP contribution is 2.06. The Labute approximate surface area is 106 Å². The first kappa shape index (κ1) is 14.7. The van der Waals surface area contributed by atoms with Crippen molar-refractivity contribution in [3.05, 3.63) is 0 Å². The number of morpholine rings is 1. The molecule has 104 valence electrons. The van der Waals surface area contributed by atoms with Gasteiger partial charge in [-0.1, -0.05) is 0 Å². The standard InChI is InChI=1S/C11H20N2O5/c1-8-7-18-4-3-13(8)11(16)12-6-9(17-2)5-10(14)15/h8-9H,3-7H2,1-2H3,(H,12,16)(H,14,15). The van der Waals surface area contributed by atoms with Crippen molar-refractivity contribution in [2.45, 2.75) is 25.5 Å². The second-order valence-corrected chi connectivity index (χ2v) is 4.26. The van der Waals surface area contributed by atoms with Crippen LogP contribution in [0, 0.1) is 0 Å². The highest BCUT2D eigenvalue weighted by Gasteiger charge is 2.24. The smallest absolute Gasteiger partial charge is 0.317 e. The van der Waals surface area contributed by atoms with Gasteiger partial charge in [-0.05, 0) is 6.92 Å². The summed E-state index contributed by atoms with van der Waals surface area (Å²) in [7, 11) is 1.43. The van der Waals surface area contributed by atoms with Crippen LogP contribution in [0.15, 0.2) is 0 Å². The van der Waals surface area contributed by atoms with Crippen LogP contribution >= 0.6 is 0 Å². The number of carbonyl (C=O) groups excluding carboxylic acids is 1. The van der Waals surface area contributed by atoms with Gasteiger partial charge in [-0.2, -0.15) is 0 Å². The number of carboxylic acids is 1. The SMILES string of the molecule is COC(CNC(=O)N1CCOCC1C)CC(=O)O. The minimum absolute atomic E-state index is 0.0271. The Kier molecular flexibility index (Phi) is 5.87. The van der Waals surface area contributed by atoms with Gasteiger partial charge < -0.3 is 24.8 Å². The van der Waals surface area contributed by atoms with E-state index in [-0.39, 0.29) is 25.0 Å². The number of urea groups is 1. The van der Waals surface area contributed by atoms with Crippen LogP contribution in [0.25, 0.3) is 0 Å². The Morgan fingerprint density at radius 2 is 2.33 bits per heavy atom. The summed E-state index contributed by atoms with van der Waals surface area (Å²) in [5.74, 6) is -0.948. The molecule has 1 saturated heterocycles. The molecule has 1 fully saturated rings. The number of nitrogens with zero attached hydrogens (tertiary/aromatic N) is 1. The molecular formula is C11H20N2O5. The van der Waals surface area contributed by atoms with Crippen LogP contribution in [-0.4, -0.2) is 67.6 Å². The average Bonchev–Trinajstić information content (AvgIpc) is 2.34. The van der Waals surface area contributed by atoms with E-state index in [4.69, 9.17) is 14.6 Å². The monoisotopic (exact) mass is 260 g/mol. The van der Waals surface area contributed by atoms with Gasteiger partial charge in [0.1, 0.15) is 0 Å². The minimum Gasteiger partial charge on any atom is -0.481 e. The van der Waals surface area contributed by atoms with Gasteiger partial charge in [-0.25, -0.2) is 4.79 Å². The largest absolute Gasteiger partial charge is 0.481 e. The van der Waals surface area contributed by atoms with Crippen molar-refractivity contribution in [3.8, 4) is 0 Å². The lowest BCUT2D eigenvalue weighted by molar-refractivity contribution is -0.139. The summed E-state index contributed by atoms with van der Waals surface area (Å²) in [5, 5.41) is 11.3. The molecule has 0 aliphatic carbocycles. The molecule has 2 atom stereocenters. The maximum atomic E-state index is 11.9. The molecular weight excluding hydrogens is 240 g/mol. The van der Waals surface area contributed by atoms with Crippen LogP contribution in [0.2, 0.25) is 0 Å². The van der Waals surface area contributed by atoms with E-state index < -0.39 is 12.1 Å². The van der Waals surface area contributed by atoms with Crippen molar-refractivity contribution in [2.75, 3.05) is 33.4 Å². The number of amides is 2. The first-order valence-electron chi connectivity index (χ1n) is 5.91. The number of rotatable bonds is 5. The molecule has 2 N–H and O–H groups in total. The van der Waals surface area contributed by atoms with Gasteiger partial charge in [-0.3, -0.25) is 4.79 Å². The van der Waals surface area contributed by atoms with E-state index in [0.717, 1.165) is 0 Å². The third-order valence-electron chi connectivity index (χ3n) is 2.85. The van der Waals surface area contributed by atoms with Crippen molar-refractivity contribution in [3.63, 3.8) is 0 Å². The molecule has 0 saturated carbocycles. The number of nitrogens with one attached hydrogen (secondary N) is 1. The van der Waals surface area contributed by atoms with Gasteiger partial charge in [0.05, 0.1) is 31.8 Å². The van der Waals surface area contributed by atoms with Crippen LogP contribution in [0.5, 0.6) is 0 Å². The summed E-state index contributed by atoms with van der Waals surface area (Å²) in [6.45, 7) is 3.69. The number of hydrogen-bond donors (Lipinski definition) is 2. The molecule has 1 heterocycles. The Morgan fingerprint density at radius 1 is 1.61 bits per heavy atom. The van der Waals surface area contributed by atoms with E-state index in [1.165, 1.54) is 7.11 Å². The predicted octanol–water partition coefficient (Wildman–Crippen LogP) is -0.0936. The van der Waals surface area contributed by atoms with Gasteiger partial charge in [0.25, 0.3) is 0 Å².